The SMILES string of the molecule is CCc1nn(C(C)C(=O)O)c(=O)c2cc3occc3n12. The van der Waals surface area contributed by atoms with Crippen LogP contribution in [0.1, 0.15) is 25.7 Å². The van der Waals surface area contributed by atoms with E-state index in [4.69, 9.17) is 9.52 Å². The van der Waals surface area contributed by atoms with Crippen LogP contribution in [0.3, 0.4) is 0 Å². The Morgan fingerprint density at radius 3 is 2.90 bits per heavy atom. The van der Waals surface area contributed by atoms with Gasteiger partial charge in [-0.2, -0.15) is 5.10 Å². The van der Waals surface area contributed by atoms with Gasteiger partial charge in [-0.05, 0) is 6.92 Å². The van der Waals surface area contributed by atoms with Crippen LogP contribution in [0.4, 0.5) is 0 Å². The summed E-state index contributed by atoms with van der Waals surface area (Å²) in [4.78, 5) is 23.5. The van der Waals surface area contributed by atoms with Crippen LogP contribution in [0.25, 0.3) is 16.6 Å². The largest absolute Gasteiger partial charge is 0.480 e. The summed E-state index contributed by atoms with van der Waals surface area (Å²) in [6.07, 6.45) is 2.11. The highest BCUT2D eigenvalue weighted by Gasteiger charge is 2.21. The number of aryl methyl sites for hydroxylation is 1. The van der Waals surface area contributed by atoms with Gasteiger partial charge in [-0.1, -0.05) is 6.92 Å². The number of aliphatic carboxylic acids is 1. The highest BCUT2D eigenvalue weighted by molar-refractivity contribution is 5.82. The summed E-state index contributed by atoms with van der Waals surface area (Å²) in [6.45, 7) is 3.33. The summed E-state index contributed by atoms with van der Waals surface area (Å²) in [6, 6.07) is 2.36. The molecule has 0 saturated heterocycles. The third kappa shape index (κ3) is 1.56. The van der Waals surface area contributed by atoms with Crippen LogP contribution in [0.5, 0.6) is 0 Å². The molecule has 1 unspecified atom stereocenters. The number of hydrogen-bond donors (Lipinski definition) is 1. The van der Waals surface area contributed by atoms with E-state index in [0.29, 0.717) is 23.3 Å². The number of carbonyl (C=O) groups is 1. The number of hydrogen-bond acceptors (Lipinski definition) is 4. The first-order valence-electron chi connectivity index (χ1n) is 6.27. The Morgan fingerprint density at radius 2 is 2.25 bits per heavy atom. The fourth-order valence-electron chi connectivity index (χ4n) is 2.29. The van der Waals surface area contributed by atoms with Crippen molar-refractivity contribution in [2.75, 3.05) is 0 Å². The molecule has 0 aliphatic heterocycles. The zero-order valence-corrected chi connectivity index (χ0v) is 11.0. The number of carboxylic acid groups (broad SMARTS) is 1. The van der Waals surface area contributed by atoms with Crippen LogP contribution in [0.15, 0.2) is 27.6 Å². The van der Waals surface area contributed by atoms with Gasteiger partial charge in [0, 0.05) is 18.6 Å². The van der Waals surface area contributed by atoms with Crippen LogP contribution in [-0.2, 0) is 11.2 Å². The van der Waals surface area contributed by atoms with E-state index < -0.39 is 17.6 Å². The summed E-state index contributed by atoms with van der Waals surface area (Å²) in [5, 5.41) is 13.3. The summed E-state index contributed by atoms with van der Waals surface area (Å²) in [5.74, 6) is -0.481. The Bertz CT molecular complexity index is 871. The maximum atomic E-state index is 12.4. The Morgan fingerprint density at radius 1 is 1.50 bits per heavy atom. The second-order valence-corrected chi connectivity index (χ2v) is 4.57. The molecule has 1 N–H and O–H groups in total. The van der Waals surface area contributed by atoms with Crippen molar-refractivity contribution in [3.8, 4) is 0 Å². The van der Waals surface area contributed by atoms with Crippen molar-refractivity contribution in [1.82, 2.24) is 14.2 Å². The van der Waals surface area contributed by atoms with E-state index in [2.05, 4.69) is 5.10 Å². The van der Waals surface area contributed by atoms with E-state index in [1.807, 2.05) is 6.92 Å². The number of carboxylic acids is 1. The van der Waals surface area contributed by atoms with Gasteiger partial charge >= 0.3 is 5.97 Å². The van der Waals surface area contributed by atoms with Gasteiger partial charge in [0.15, 0.2) is 11.6 Å². The number of rotatable bonds is 3. The fraction of sp³-hybridized carbons (Fsp3) is 0.308. The summed E-state index contributed by atoms with van der Waals surface area (Å²) >= 11 is 0. The topological polar surface area (TPSA) is 89.7 Å². The minimum absolute atomic E-state index is 0.374. The predicted octanol–water partition coefficient (Wildman–Crippen LogP) is 1.45. The Labute approximate surface area is 113 Å². The van der Waals surface area contributed by atoms with Gasteiger partial charge in [-0.15, -0.1) is 0 Å². The molecule has 104 valence electrons. The zero-order valence-electron chi connectivity index (χ0n) is 11.0. The molecule has 0 spiro atoms. The molecule has 0 bridgehead atoms. The van der Waals surface area contributed by atoms with Crippen LogP contribution in [0.2, 0.25) is 0 Å². The van der Waals surface area contributed by atoms with E-state index in [1.54, 1.807) is 22.8 Å². The van der Waals surface area contributed by atoms with Gasteiger partial charge in [0.1, 0.15) is 11.3 Å². The Hall–Kier alpha value is -2.57. The van der Waals surface area contributed by atoms with Crippen LogP contribution >= 0.6 is 0 Å². The van der Waals surface area contributed by atoms with Crippen LogP contribution in [-0.4, -0.2) is 25.3 Å². The molecule has 3 aromatic heterocycles. The number of nitrogens with zero attached hydrogens (tertiary/aromatic N) is 3. The van der Waals surface area contributed by atoms with Crippen molar-refractivity contribution >= 4 is 22.6 Å². The fourth-order valence-corrected chi connectivity index (χ4v) is 2.29. The molecule has 7 heteroatoms. The summed E-state index contributed by atoms with van der Waals surface area (Å²) < 4.78 is 8.02. The quantitative estimate of drug-likeness (QED) is 0.781. The maximum Gasteiger partial charge on any atom is 0.328 e. The third-order valence-electron chi connectivity index (χ3n) is 3.37. The summed E-state index contributed by atoms with van der Waals surface area (Å²) in [5.41, 5.74) is 1.28. The standard InChI is InChI=1S/C13H13N3O4/c1-3-11-14-16(7(2)13(18)19)12(17)9-6-10-8(15(9)11)4-5-20-10/h4-7H,3H2,1-2H3,(H,18,19). The van der Waals surface area contributed by atoms with Crippen molar-refractivity contribution in [2.24, 2.45) is 0 Å². The van der Waals surface area contributed by atoms with Crippen LogP contribution < -0.4 is 5.56 Å². The van der Waals surface area contributed by atoms with Crippen molar-refractivity contribution in [3.05, 3.63) is 34.6 Å². The van der Waals surface area contributed by atoms with E-state index in [-0.39, 0.29) is 0 Å². The molecule has 0 aliphatic rings. The lowest BCUT2D eigenvalue weighted by molar-refractivity contribution is -0.140. The van der Waals surface area contributed by atoms with Crippen molar-refractivity contribution < 1.29 is 14.3 Å². The predicted molar refractivity (Wildman–Crippen MR) is 70.9 cm³/mol. The normalized spacial score (nSPS) is 13.1. The van der Waals surface area contributed by atoms with Gasteiger partial charge in [0.2, 0.25) is 0 Å². The van der Waals surface area contributed by atoms with Crippen molar-refractivity contribution in [2.45, 2.75) is 26.3 Å². The molecule has 3 aromatic rings. The molecule has 0 saturated carbocycles. The number of fused-ring (bicyclic) bond motifs is 3. The van der Waals surface area contributed by atoms with Crippen molar-refractivity contribution in [3.63, 3.8) is 0 Å². The van der Waals surface area contributed by atoms with E-state index in [0.717, 1.165) is 10.2 Å². The molecule has 3 rings (SSSR count). The molecule has 1 atom stereocenters. The van der Waals surface area contributed by atoms with Crippen LogP contribution in [0, 0.1) is 0 Å². The Kier molecular flexibility index (Phi) is 2.63. The highest BCUT2D eigenvalue weighted by atomic mass is 16.4. The molecule has 0 aliphatic carbocycles. The van der Waals surface area contributed by atoms with Gasteiger partial charge < -0.3 is 9.52 Å². The Balaban J connectivity index is 2.44. The molecular weight excluding hydrogens is 262 g/mol. The average molecular weight is 275 g/mol. The molecule has 20 heavy (non-hydrogen) atoms. The molecule has 7 nitrogen and oxygen atoms in total. The number of furan rings is 1. The van der Waals surface area contributed by atoms with Gasteiger partial charge in [-0.3, -0.25) is 9.20 Å². The minimum atomic E-state index is -1.10. The van der Waals surface area contributed by atoms with Gasteiger partial charge in [0.05, 0.1) is 11.8 Å². The molecule has 0 aromatic carbocycles. The van der Waals surface area contributed by atoms with E-state index >= 15 is 0 Å². The molecule has 0 fully saturated rings. The second-order valence-electron chi connectivity index (χ2n) is 4.57. The maximum absolute atomic E-state index is 12.4. The number of aromatic nitrogens is 3. The highest BCUT2D eigenvalue weighted by Crippen LogP contribution is 2.21. The lowest BCUT2D eigenvalue weighted by Crippen LogP contribution is -2.32. The molecular formula is C13H13N3O4. The molecule has 3 heterocycles. The monoisotopic (exact) mass is 275 g/mol. The molecule has 0 radical (unpaired) electrons. The minimum Gasteiger partial charge on any atom is -0.480 e. The smallest absolute Gasteiger partial charge is 0.328 e. The first-order valence-corrected chi connectivity index (χ1v) is 6.27. The van der Waals surface area contributed by atoms with E-state index in [9.17, 15) is 9.59 Å². The zero-order chi connectivity index (χ0) is 14.4. The summed E-state index contributed by atoms with van der Waals surface area (Å²) in [7, 11) is 0. The van der Waals surface area contributed by atoms with Gasteiger partial charge in [0.25, 0.3) is 5.56 Å². The molecule has 0 amide bonds. The van der Waals surface area contributed by atoms with Crippen molar-refractivity contribution in [1.29, 1.82) is 0 Å². The first-order chi connectivity index (χ1) is 9.54. The first kappa shape index (κ1) is 12.5. The lowest BCUT2D eigenvalue weighted by atomic mass is 10.3. The van der Waals surface area contributed by atoms with E-state index in [1.165, 1.54) is 6.92 Å². The second kappa shape index (κ2) is 4.22. The lowest BCUT2D eigenvalue weighted by Gasteiger charge is -2.12. The van der Waals surface area contributed by atoms with Gasteiger partial charge in [-0.25, -0.2) is 9.48 Å². The average Bonchev–Trinajstić information content (AvgIpc) is 2.99. The third-order valence-corrected chi connectivity index (χ3v) is 3.37.